The average Bonchev–Trinajstić information content (AvgIpc) is 3.16. The lowest BCUT2D eigenvalue weighted by molar-refractivity contribution is 0.100. The molecule has 1 amide bonds. The lowest BCUT2D eigenvalue weighted by atomic mass is 9.84. The number of rotatable bonds is 7. The van der Waals surface area contributed by atoms with Gasteiger partial charge >= 0.3 is 0 Å². The fourth-order valence-corrected chi connectivity index (χ4v) is 4.03. The molecule has 0 radical (unpaired) electrons. The van der Waals surface area contributed by atoms with Gasteiger partial charge in [0.05, 0.1) is 5.56 Å². The van der Waals surface area contributed by atoms with Crippen LogP contribution < -0.4 is 16.4 Å². The predicted octanol–water partition coefficient (Wildman–Crippen LogP) is 2.98. The summed E-state index contributed by atoms with van der Waals surface area (Å²) in [5, 5.41) is 6.61. The minimum Gasteiger partial charge on any atom is -0.375 e. The SMILES string of the molecule is C=C(C1CCC(Nc2nc(NC(C)C)ncc2C(N)=O)CC1)N1CCCC1. The molecule has 1 aliphatic heterocycles. The number of nitrogens with one attached hydrogen (secondary N) is 2. The molecule has 1 aliphatic carbocycles. The van der Waals surface area contributed by atoms with Crippen LogP contribution in [0.2, 0.25) is 0 Å². The molecule has 1 saturated heterocycles. The minimum atomic E-state index is -0.510. The van der Waals surface area contributed by atoms with Gasteiger partial charge in [-0.2, -0.15) is 4.98 Å². The van der Waals surface area contributed by atoms with Crippen LogP contribution in [-0.4, -0.2) is 45.9 Å². The Balaban J connectivity index is 1.62. The first kappa shape index (κ1) is 19.5. The van der Waals surface area contributed by atoms with E-state index in [1.807, 2.05) is 13.8 Å². The van der Waals surface area contributed by atoms with Crippen molar-refractivity contribution in [3.05, 3.63) is 24.0 Å². The van der Waals surface area contributed by atoms with Crippen LogP contribution in [0.25, 0.3) is 0 Å². The Morgan fingerprint density at radius 1 is 1.26 bits per heavy atom. The number of carbonyl (C=O) groups is 1. The Hall–Kier alpha value is -2.31. The number of nitrogens with two attached hydrogens (primary N) is 1. The van der Waals surface area contributed by atoms with Gasteiger partial charge in [-0.15, -0.1) is 0 Å². The zero-order valence-electron chi connectivity index (χ0n) is 16.5. The first-order chi connectivity index (χ1) is 12.9. The van der Waals surface area contributed by atoms with E-state index in [1.54, 1.807) is 0 Å². The fraction of sp³-hybridized carbons (Fsp3) is 0.650. The molecule has 0 aromatic carbocycles. The van der Waals surface area contributed by atoms with E-state index in [0.29, 0.717) is 23.2 Å². The first-order valence-corrected chi connectivity index (χ1v) is 10.1. The highest BCUT2D eigenvalue weighted by atomic mass is 16.1. The second-order valence-electron chi connectivity index (χ2n) is 8.00. The molecule has 1 saturated carbocycles. The molecule has 2 aliphatic rings. The fourth-order valence-electron chi connectivity index (χ4n) is 4.03. The summed E-state index contributed by atoms with van der Waals surface area (Å²) in [6.45, 7) is 10.7. The molecule has 0 unspecified atom stereocenters. The van der Waals surface area contributed by atoms with Crippen LogP contribution in [0, 0.1) is 5.92 Å². The van der Waals surface area contributed by atoms with E-state index in [9.17, 15) is 4.79 Å². The Bertz CT molecular complexity index is 675. The van der Waals surface area contributed by atoms with E-state index >= 15 is 0 Å². The summed E-state index contributed by atoms with van der Waals surface area (Å²) < 4.78 is 0. The molecule has 7 heteroatoms. The predicted molar refractivity (Wildman–Crippen MR) is 109 cm³/mol. The van der Waals surface area contributed by atoms with Gasteiger partial charge in [0.1, 0.15) is 5.82 Å². The van der Waals surface area contributed by atoms with E-state index in [1.165, 1.54) is 24.7 Å². The van der Waals surface area contributed by atoms with Gasteiger partial charge in [0.25, 0.3) is 5.91 Å². The molecule has 1 aromatic heterocycles. The quantitative estimate of drug-likeness (QED) is 0.681. The van der Waals surface area contributed by atoms with Gasteiger partial charge in [0, 0.05) is 37.1 Å². The summed E-state index contributed by atoms with van der Waals surface area (Å²) >= 11 is 0. The van der Waals surface area contributed by atoms with Gasteiger partial charge < -0.3 is 21.3 Å². The van der Waals surface area contributed by atoms with Gasteiger partial charge in [-0.1, -0.05) is 6.58 Å². The summed E-state index contributed by atoms with van der Waals surface area (Å²) in [7, 11) is 0. The molecule has 148 valence electrons. The number of carbonyl (C=O) groups excluding carboxylic acids is 1. The Morgan fingerprint density at radius 2 is 1.93 bits per heavy atom. The molecule has 1 aromatic rings. The molecule has 3 rings (SSSR count). The van der Waals surface area contributed by atoms with Crippen LogP contribution in [-0.2, 0) is 0 Å². The maximum atomic E-state index is 11.7. The highest BCUT2D eigenvalue weighted by molar-refractivity contribution is 5.97. The van der Waals surface area contributed by atoms with Crippen LogP contribution in [0.4, 0.5) is 11.8 Å². The molecule has 0 spiro atoms. The third-order valence-corrected chi connectivity index (χ3v) is 5.52. The molecule has 4 N–H and O–H groups in total. The lowest BCUT2D eigenvalue weighted by Gasteiger charge is -2.34. The zero-order chi connectivity index (χ0) is 19.4. The van der Waals surface area contributed by atoms with E-state index in [0.717, 1.165) is 38.8 Å². The van der Waals surface area contributed by atoms with Crippen molar-refractivity contribution in [2.24, 2.45) is 11.7 Å². The number of aromatic nitrogens is 2. The summed E-state index contributed by atoms with van der Waals surface area (Å²) in [6.07, 6.45) is 8.36. The van der Waals surface area contributed by atoms with E-state index < -0.39 is 5.91 Å². The molecule has 27 heavy (non-hydrogen) atoms. The monoisotopic (exact) mass is 372 g/mol. The number of primary amides is 1. The molecular weight excluding hydrogens is 340 g/mol. The van der Waals surface area contributed by atoms with Crippen molar-refractivity contribution in [1.82, 2.24) is 14.9 Å². The highest BCUT2D eigenvalue weighted by Gasteiger charge is 2.27. The van der Waals surface area contributed by atoms with Crippen LogP contribution in [0.1, 0.15) is 62.7 Å². The summed E-state index contributed by atoms with van der Waals surface area (Å²) in [4.78, 5) is 22.9. The van der Waals surface area contributed by atoms with Crippen LogP contribution in [0.3, 0.4) is 0 Å². The van der Waals surface area contributed by atoms with Gasteiger partial charge in [0.2, 0.25) is 5.95 Å². The molecule has 7 nitrogen and oxygen atoms in total. The lowest BCUT2D eigenvalue weighted by Crippen LogP contribution is -2.32. The third kappa shape index (κ3) is 4.90. The van der Waals surface area contributed by atoms with Crippen molar-refractivity contribution in [1.29, 1.82) is 0 Å². The molecule has 0 bridgehead atoms. The normalized spacial score (nSPS) is 22.7. The number of nitrogens with zero attached hydrogens (tertiary/aromatic N) is 3. The van der Waals surface area contributed by atoms with Gasteiger partial charge in [0.15, 0.2) is 0 Å². The Kier molecular flexibility index (Phi) is 6.19. The maximum Gasteiger partial charge on any atom is 0.254 e. The van der Waals surface area contributed by atoms with E-state index in [2.05, 4.69) is 32.1 Å². The number of hydrogen-bond acceptors (Lipinski definition) is 6. The van der Waals surface area contributed by atoms with Crippen molar-refractivity contribution in [3.63, 3.8) is 0 Å². The summed E-state index contributed by atoms with van der Waals surface area (Å²) in [5.74, 6) is 1.10. The van der Waals surface area contributed by atoms with Crippen LogP contribution in [0.15, 0.2) is 18.5 Å². The number of allylic oxidation sites excluding steroid dienone is 1. The smallest absolute Gasteiger partial charge is 0.254 e. The molecule has 2 heterocycles. The number of likely N-dealkylation sites (tertiary alicyclic amines) is 1. The van der Waals surface area contributed by atoms with Crippen molar-refractivity contribution < 1.29 is 4.79 Å². The molecular formula is C20H32N6O. The summed E-state index contributed by atoms with van der Waals surface area (Å²) in [6, 6.07) is 0.497. The van der Waals surface area contributed by atoms with Gasteiger partial charge in [-0.25, -0.2) is 4.98 Å². The standard InChI is InChI=1S/C20H32N6O/c1-13(2)23-20-22-12-17(18(21)27)19(25-20)24-16-8-6-15(7-9-16)14(3)26-10-4-5-11-26/h12-13,15-16H,3-11H2,1-2H3,(H2,21,27)(H2,22,23,24,25). The number of amides is 1. The van der Waals surface area contributed by atoms with Crippen LogP contribution >= 0.6 is 0 Å². The van der Waals surface area contributed by atoms with Crippen molar-refractivity contribution >= 4 is 17.7 Å². The van der Waals surface area contributed by atoms with Gasteiger partial charge in [-0.3, -0.25) is 4.79 Å². The van der Waals surface area contributed by atoms with Crippen molar-refractivity contribution in [2.45, 2.75) is 64.5 Å². The largest absolute Gasteiger partial charge is 0.375 e. The first-order valence-electron chi connectivity index (χ1n) is 10.1. The zero-order valence-corrected chi connectivity index (χ0v) is 16.5. The Labute approximate surface area is 161 Å². The second-order valence-corrected chi connectivity index (χ2v) is 8.00. The molecule has 2 fully saturated rings. The van der Waals surface area contributed by atoms with E-state index in [4.69, 9.17) is 5.73 Å². The third-order valence-electron chi connectivity index (χ3n) is 5.52. The van der Waals surface area contributed by atoms with Gasteiger partial charge in [-0.05, 0) is 58.3 Å². The minimum absolute atomic E-state index is 0.212. The second kappa shape index (κ2) is 8.59. The average molecular weight is 373 g/mol. The number of hydrogen-bond donors (Lipinski definition) is 3. The maximum absolute atomic E-state index is 11.7. The number of anilines is 2. The van der Waals surface area contributed by atoms with Crippen molar-refractivity contribution in [3.8, 4) is 0 Å². The van der Waals surface area contributed by atoms with Crippen molar-refractivity contribution in [2.75, 3.05) is 23.7 Å². The summed E-state index contributed by atoms with van der Waals surface area (Å²) in [5.41, 5.74) is 7.16. The van der Waals surface area contributed by atoms with Crippen LogP contribution in [0.5, 0.6) is 0 Å². The molecule has 0 atom stereocenters. The topological polar surface area (TPSA) is 96.2 Å². The Morgan fingerprint density at radius 3 is 2.52 bits per heavy atom. The highest BCUT2D eigenvalue weighted by Crippen LogP contribution is 2.33. The van der Waals surface area contributed by atoms with E-state index in [-0.39, 0.29) is 12.1 Å².